The van der Waals surface area contributed by atoms with Crippen LogP contribution in [0.25, 0.3) is 0 Å². The standard InChI is InChI=1S/C15H24S/c1-6-16-15(5)12-8-11-14(4)10-7-9-13(2)3/h8-9,11-12H,5-7,10H2,1-4H3. The van der Waals surface area contributed by atoms with Gasteiger partial charge in [-0.25, -0.2) is 0 Å². The first-order valence-corrected chi connectivity index (χ1v) is 6.83. The fourth-order valence-electron chi connectivity index (χ4n) is 1.23. The van der Waals surface area contributed by atoms with Crippen molar-refractivity contribution in [1.29, 1.82) is 0 Å². The van der Waals surface area contributed by atoms with Crippen LogP contribution >= 0.6 is 11.8 Å². The van der Waals surface area contributed by atoms with Crippen molar-refractivity contribution in [2.45, 2.75) is 40.5 Å². The third kappa shape index (κ3) is 9.85. The van der Waals surface area contributed by atoms with Gasteiger partial charge in [0.05, 0.1) is 0 Å². The van der Waals surface area contributed by atoms with Gasteiger partial charge in [-0.1, -0.05) is 42.9 Å². The summed E-state index contributed by atoms with van der Waals surface area (Å²) in [5, 5.41) is 0. The predicted octanol–water partition coefficient (Wildman–Crippen LogP) is 5.50. The summed E-state index contributed by atoms with van der Waals surface area (Å²) in [6.45, 7) is 12.6. The molecule has 0 nitrogen and oxygen atoms in total. The average Bonchev–Trinajstić information content (AvgIpc) is 2.17. The summed E-state index contributed by atoms with van der Waals surface area (Å²) in [5.74, 6) is 1.09. The monoisotopic (exact) mass is 236 g/mol. The largest absolute Gasteiger partial charge is 0.127 e. The molecule has 0 aromatic rings. The van der Waals surface area contributed by atoms with Crippen LogP contribution < -0.4 is 0 Å². The molecule has 0 unspecified atom stereocenters. The van der Waals surface area contributed by atoms with Crippen molar-refractivity contribution in [2.75, 3.05) is 5.75 Å². The van der Waals surface area contributed by atoms with Crippen molar-refractivity contribution in [3.05, 3.63) is 46.9 Å². The molecule has 0 heterocycles. The number of hydrogen-bond donors (Lipinski definition) is 0. The van der Waals surface area contributed by atoms with Crippen molar-refractivity contribution >= 4 is 11.8 Å². The molecule has 0 radical (unpaired) electrons. The molecule has 0 fully saturated rings. The minimum atomic E-state index is 1.09. The SMILES string of the molecule is C=C(C=CC=C(C)CCC=C(C)C)SCC. The van der Waals surface area contributed by atoms with Crippen LogP contribution in [0.15, 0.2) is 46.9 Å². The molecule has 0 amide bonds. The Morgan fingerprint density at radius 3 is 2.50 bits per heavy atom. The van der Waals surface area contributed by atoms with Gasteiger partial charge in [0.25, 0.3) is 0 Å². The van der Waals surface area contributed by atoms with Crippen LogP contribution in [0.5, 0.6) is 0 Å². The lowest BCUT2D eigenvalue weighted by Crippen LogP contribution is -1.76. The topological polar surface area (TPSA) is 0 Å². The number of rotatable bonds is 7. The summed E-state index contributed by atoms with van der Waals surface area (Å²) in [4.78, 5) is 1.14. The fourth-order valence-corrected chi connectivity index (χ4v) is 1.77. The molecule has 0 aromatic heterocycles. The van der Waals surface area contributed by atoms with Gasteiger partial charge in [0.15, 0.2) is 0 Å². The molecule has 0 aliphatic rings. The molecule has 16 heavy (non-hydrogen) atoms. The van der Waals surface area contributed by atoms with Crippen molar-refractivity contribution < 1.29 is 0 Å². The van der Waals surface area contributed by atoms with Crippen LogP contribution in [0.4, 0.5) is 0 Å². The molecule has 1 heteroatoms. The maximum atomic E-state index is 3.96. The van der Waals surface area contributed by atoms with E-state index < -0.39 is 0 Å². The van der Waals surface area contributed by atoms with Gasteiger partial charge in [-0.3, -0.25) is 0 Å². The summed E-state index contributed by atoms with van der Waals surface area (Å²) < 4.78 is 0. The van der Waals surface area contributed by atoms with E-state index in [1.807, 2.05) is 0 Å². The van der Waals surface area contributed by atoms with Gasteiger partial charge >= 0.3 is 0 Å². The summed E-state index contributed by atoms with van der Waals surface area (Å²) >= 11 is 1.78. The highest BCUT2D eigenvalue weighted by molar-refractivity contribution is 8.03. The molecule has 0 aliphatic heterocycles. The Kier molecular flexibility index (Phi) is 9.12. The molecular formula is C15H24S. The highest BCUT2D eigenvalue weighted by Gasteiger charge is 1.88. The average molecular weight is 236 g/mol. The van der Waals surface area contributed by atoms with Crippen molar-refractivity contribution in [3.63, 3.8) is 0 Å². The Balaban J connectivity index is 3.95. The summed E-state index contributed by atoms with van der Waals surface area (Å²) in [7, 11) is 0. The van der Waals surface area contributed by atoms with Gasteiger partial charge < -0.3 is 0 Å². The third-order valence-electron chi connectivity index (χ3n) is 2.08. The van der Waals surface area contributed by atoms with Crippen LogP contribution in [0.1, 0.15) is 40.5 Å². The lowest BCUT2D eigenvalue weighted by atomic mass is 10.1. The highest BCUT2D eigenvalue weighted by atomic mass is 32.2. The Morgan fingerprint density at radius 1 is 1.25 bits per heavy atom. The van der Waals surface area contributed by atoms with E-state index in [0.29, 0.717) is 0 Å². The van der Waals surface area contributed by atoms with Crippen molar-refractivity contribution in [3.8, 4) is 0 Å². The summed E-state index contributed by atoms with van der Waals surface area (Å²) in [6, 6.07) is 0. The van der Waals surface area contributed by atoms with Crippen LogP contribution in [0, 0.1) is 0 Å². The Labute approximate surface area is 105 Å². The molecule has 90 valence electrons. The number of thioether (sulfide) groups is 1. The lowest BCUT2D eigenvalue weighted by molar-refractivity contribution is 0.967. The second kappa shape index (κ2) is 9.53. The second-order valence-corrected chi connectivity index (χ2v) is 5.48. The Morgan fingerprint density at radius 2 is 1.94 bits per heavy atom. The maximum absolute atomic E-state index is 3.96. The third-order valence-corrected chi connectivity index (χ3v) is 2.88. The molecular weight excluding hydrogens is 212 g/mol. The van der Waals surface area contributed by atoms with Crippen LogP contribution in [-0.2, 0) is 0 Å². The number of hydrogen-bond acceptors (Lipinski definition) is 1. The molecule has 0 N–H and O–H groups in total. The van der Waals surface area contributed by atoms with E-state index in [0.717, 1.165) is 23.5 Å². The van der Waals surface area contributed by atoms with Gasteiger partial charge in [0.1, 0.15) is 0 Å². The molecule has 0 bridgehead atoms. The first kappa shape index (κ1) is 15.3. The van der Waals surface area contributed by atoms with Crippen LogP contribution in [-0.4, -0.2) is 5.75 Å². The zero-order chi connectivity index (χ0) is 12.4. The quantitative estimate of drug-likeness (QED) is 0.415. The molecule has 0 rings (SSSR count). The lowest BCUT2D eigenvalue weighted by Gasteiger charge is -1.97. The van der Waals surface area contributed by atoms with Crippen molar-refractivity contribution in [1.82, 2.24) is 0 Å². The van der Waals surface area contributed by atoms with Gasteiger partial charge in [-0.2, -0.15) is 0 Å². The molecule has 0 spiro atoms. The first-order chi connectivity index (χ1) is 7.56. The number of allylic oxidation sites excluding steroid dienone is 6. The molecule has 0 aromatic carbocycles. The van der Waals surface area contributed by atoms with Crippen LogP contribution in [0.3, 0.4) is 0 Å². The molecule has 0 saturated carbocycles. The fraction of sp³-hybridized carbons (Fsp3) is 0.467. The van der Waals surface area contributed by atoms with E-state index in [1.165, 1.54) is 11.1 Å². The van der Waals surface area contributed by atoms with Gasteiger partial charge in [0.2, 0.25) is 0 Å². The van der Waals surface area contributed by atoms with Gasteiger partial charge in [0, 0.05) is 0 Å². The minimum absolute atomic E-state index is 1.09. The smallest absolute Gasteiger partial charge is 0.0000133 e. The maximum Gasteiger partial charge on any atom is -0.0000133 e. The van der Waals surface area contributed by atoms with E-state index in [-0.39, 0.29) is 0 Å². The molecule has 0 saturated heterocycles. The first-order valence-electron chi connectivity index (χ1n) is 5.85. The Hall–Kier alpha value is -0.690. The zero-order valence-electron chi connectivity index (χ0n) is 11.0. The van der Waals surface area contributed by atoms with Gasteiger partial charge in [-0.15, -0.1) is 11.8 Å². The van der Waals surface area contributed by atoms with E-state index in [1.54, 1.807) is 11.8 Å². The van der Waals surface area contributed by atoms with E-state index in [2.05, 4.69) is 58.6 Å². The molecule has 0 aliphatic carbocycles. The highest BCUT2D eigenvalue weighted by Crippen LogP contribution is 2.14. The Bertz CT molecular complexity index is 289. The zero-order valence-corrected chi connectivity index (χ0v) is 11.9. The normalized spacial score (nSPS) is 11.9. The predicted molar refractivity (Wildman–Crippen MR) is 78.8 cm³/mol. The second-order valence-electron chi connectivity index (χ2n) is 4.09. The summed E-state index contributed by atoms with van der Waals surface area (Å²) in [6.07, 6.45) is 10.9. The minimum Gasteiger partial charge on any atom is -0.127 e. The van der Waals surface area contributed by atoms with Crippen molar-refractivity contribution in [2.24, 2.45) is 0 Å². The van der Waals surface area contributed by atoms with E-state index in [9.17, 15) is 0 Å². The molecule has 0 atom stereocenters. The van der Waals surface area contributed by atoms with Crippen LogP contribution in [0.2, 0.25) is 0 Å². The van der Waals surface area contributed by atoms with Gasteiger partial charge in [-0.05, 0) is 50.3 Å². The summed E-state index contributed by atoms with van der Waals surface area (Å²) in [5.41, 5.74) is 2.82. The van der Waals surface area contributed by atoms with E-state index in [4.69, 9.17) is 0 Å². The van der Waals surface area contributed by atoms with E-state index >= 15 is 0 Å².